The highest BCUT2D eigenvalue weighted by molar-refractivity contribution is 7.26. The molecule has 1 aliphatic rings. The molecule has 3 heterocycles. The summed E-state index contributed by atoms with van der Waals surface area (Å²) in [6.45, 7) is 0. The number of benzene rings is 5. The lowest BCUT2D eigenvalue weighted by molar-refractivity contribution is 0.783. The van der Waals surface area contributed by atoms with Crippen molar-refractivity contribution < 1.29 is 0 Å². The van der Waals surface area contributed by atoms with Crippen LogP contribution in [0.15, 0.2) is 146 Å². The van der Waals surface area contributed by atoms with E-state index in [1.54, 1.807) is 0 Å². The molecule has 1 atom stereocenters. The van der Waals surface area contributed by atoms with Crippen LogP contribution >= 0.6 is 11.3 Å². The molecule has 5 aromatic carbocycles. The highest BCUT2D eigenvalue weighted by atomic mass is 32.1. The Bertz CT molecular complexity index is 2450. The number of fused-ring (bicyclic) bond motifs is 6. The van der Waals surface area contributed by atoms with Gasteiger partial charge in [-0.05, 0) is 41.3 Å². The van der Waals surface area contributed by atoms with Crippen LogP contribution in [0.25, 0.3) is 69.9 Å². The van der Waals surface area contributed by atoms with Gasteiger partial charge in [0.2, 0.25) is 0 Å². The molecule has 3 aromatic heterocycles. The lowest BCUT2D eigenvalue weighted by atomic mass is 9.92. The summed E-state index contributed by atoms with van der Waals surface area (Å²) in [4.78, 5) is 15.5. The molecule has 9 rings (SSSR count). The van der Waals surface area contributed by atoms with Crippen molar-refractivity contribution >= 4 is 58.9 Å². The molecule has 8 aromatic rings. The number of para-hydroxylation sites is 2. The lowest BCUT2D eigenvalue weighted by Crippen LogP contribution is -2.06. The summed E-state index contributed by atoms with van der Waals surface area (Å²) in [6.07, 6.45) is 7.62. The van der Waals surface area contributed by atoms with Crippen LogP contribution in [-0.2, 0) is 0 Å². The average molecular weight is 594 g/mol. The number of nitrogens with zero attached hydrogens (tertiary/aromatic N) is 3. The Balaban J connectivity index is 1.11. The van der Waals surface area contributed by atoms with Gasteiger partial charge in [0.15, 0.2) is 0 Å². The van der Waals surface area contributed by atoms with Crippen molar-refractivity contribution in [2.24, 2.45) is 0 Å². The van der Waals surface area contributed by atoms with E-state index in [9.17, 15) is 0 Å². The molecule has 0 saturated heterocycles. The molecular formula is C41H27N3S. The van der Waals surface area contributed by atoms with Gasteiger partial charge in [0.25, 0.3) is 0 Å². The van der Waals surface area contributed by atoms with Crippen molar-refractivity contribution in [3.63, 3.8) is 0 Å². The van der Waals surface area contributed by atoms with E-state index in [1.807, 2.05) is 17.4 Å². The summed E-state index contributed by atoms with van der Waals surface area (Å²) >= 11 is 1.86. The summed E-state index contributed by atoms with van der Waals surface area (Å²) in [5, 5.41) is 4.79. The fraction of sp³-hybridized carbons (Fsp3) is 0.0488. The predicted molar refractivity (Wildman–Crippen MR) is 190 cm³/mol. The third-order valence-electron chi connectivity index (χ3n) is 8.80. The van der Waals surface area contributed by atoms with Crippen molar-refractivity contribution in [1.29, 1.82) is 0 Å². The second kappa shape index (κ2) is 10.6. The Morgan fingerprint density at radius 2 is 1.18 bits per heavy atom. The number of rotatable bonds is 4. The topological polar surface area (TPSA) is 38.7 Å². The highest BCUT2D eigenvalue weighted by Gasteiger charge is 2.21. The van der Waals surface area contributed by atoms with Crippen molar-refractivity contribution in [2.75, 3.05) is 0 Å². The minimum Gasteiger partial charge on any atom is -0.247 e. The van der Waals surface area contributed by atoms with Crippen LogP contribution in [0.4, 0.5) is 0 Å². The smallest absolute Gasteiger partial charge is 0.136 e. The molecule has 0 saturated carbocycles. The minimum absolute atomic E-state index is 0.0795. The zero-order valence-corrected chi connectivity index (χ0v) is 25.2. The molecule has 0 amide bonds. The van der Waals surface area contributed by atoms with E-state index in [4.69, 9.17) is 15.0 Å². The third-order valence-corrected chi connectivity index (χ3v) is 10.0. The Labute approximate surface area is 264 Å². The Morgan fingerprint density at radius 1 is 0.533 bits per heavy atom. The summed E-state index contributed by atoms with van der Waals surface area (Å²) in [5.41, 5.74) is 8.68. The maximum atomic E-state index is 5.23. The molecule has 3 nitrogen and oxygen atoms in total. The van der Waals surface area contributed by atoms with Gasteiger partial charge < -0.3 is 0 Å². The van der Waals surface area contributed by atoms with Gasteiger partial charge in [-0.15, -0.1) is 11.3 Å². The molecule has 4 heteroatoms. The highest BCUT2D eigenvalue weighted by Crippen LogP contribution is 2.43. The van der Waals surface area contributed by atoms with E-state index in [-0.39, 0.29) is 5.92 Å². The number of allylic oxidation sites excluding steroid dienone is 4. The Hall–Kier alpha value is -5.45. The van der Waals surface area contributed by atoms with Crippen LogP contribution in [0.2, 0.25) is 0 Å². The minimum atomic E-state index is 0.0795. The van der Waals surface area contributed by atoms with Gasteiger partial charge >= 0.3 is 0 Å². The quantitative estimate of drug-likeness (QED) is 0.204. The normalized spacial score (nSPS) is 14.8. The van der Waals surface area contributed by atoms with E-state index >= 15 is 0 Å². The predicted octanol–water partition coefficient (Wildman–Crippen LogP) is 11.0. The van der Waals surface area contributed by atoms with E-state index < -0.39 is 0 Å². The van der Waals surface area contributed by atoms with Crippen LogP contribution in [0.3, 0.4) is 0 Å². The lowest BCUT2D eigenvalue weighted by Gasteiger charge is -2.18. The first-order chi connectivity index (χ1) is 22.3. The van der Waals surface area contributed by atoms with Crippen LogP contribution in [-0.4, -0.2) is 15.0 Å². The van der Waals surface area contributed by atoms with Gasteiger partial charge in [0.05, 0.1) is 22.4 Å². The molecule has 0 bridgehead atoms. The van der Waals surface area contributed by atoms with E-state index in [0.29, 0.717) is 0 Å². The van der Waals surface area contributed by atoms with Crippen molar-refractivity contribution in [2.45, 2.75) is 12.3 Å². The molecule has 45 heavy (non-hydrogen) atoms. The second-order valence-corrected chi connectivity index (χ2v) is 12.6. The number of hydrogen-bond donors (Lipinski definition) is 0. The number of aromatic nitrogens is 3. The second-order valence-electron chi connectivity index (χ2n) is 11.5. The third kappa shape index (κ3) is 4.45. The van der Waals surface area contributed by atoms with Gasteiger partial charge in [-0.3, -0.25) is 0 Å². The maximum Gasteiger partial charge on any atom is 0.136 e. The molecule has 0 aliphatic heterocycles. The number of hydrogen-bond acceptors (Lipinski definition) is 4. The Morgan fingerprint density at radius 3 is 1.96 bits per heavy atom. The van der Waals surface area contributed by atoms with Gasteiger partial charge in [-0.25, -0.2) is 15.0 Å². The molecule has 0 N–H and O–H groups in total. The van der Waals surface area contributed by atoms with Crippen molar-refractivity contribution in [1.82, 2.24) is 15.0 Å². The van der Waals surface area contributed by atoms with E-state index in [2.05, 4.69) is 140 Å². The molecular weight excluding hydrogens is 567 g/mol. The Kier molecular flexibility index (Phi) is 6.13. The first-order valence-electron chi connectivity index (χ1n) is 15.3. The fourth-order valence-electron chi connectivity index (χ4n) is 6.54. The first-order valence-corrected chi connectivity index (χ1v) is 16.1. The van der Waals surface area contributed by atoms with Crippen molar-refractivity contribution in [3.05, 3.63) is 157 Å². The standard InChI is InChI=1S/C41H27N3S/c1-2-10-26(11-3-1)27-18-20-28(21-19-27)38-31-12-4-7-15-34(31)43-41(44-38)30-24-22-29(23-25-30)39-37-33-14-6-9-17-36(33)45-40(37)32-13-5-8-16-35(32)42-39/h1-24,30H,25H2. The van der Waals surface area contributed by atoms with Crippen molar-refractivity contribution in [3.8, 4) is 22.4 Å². The molecule has 0 radical (unpaired) electrons. The zero-order chi connectivity index (χ0) is 29.7. The molecule has 212 valence electrons. The SMILES string of the molecule is C1=CC(c2nc(-c3ccc(-c4ccccc4)cc3)c3ccccc3n2)CC=C1c1nc2ccccc2c2sc3ccccc3c12. The molecule has 1 unspecified atom stereocenters. The zero-order valence-electron chi connectivity index (χ0n) is 24.4. The van der Waals surface area contributed by atoms with Crippen LogP contribution in [0.5, 0.6) is 0 Å². The van der Waals surface area contributed by atoms with Crippen LogP contribution in [0, 0.1) is 0 Å². The molecule has 0 fully saturated rings. The largest absolute Gasteiger partial charge is 0.247 e. The summed E-state index contributed by atoms with van der Waals surface area (Å²) < 4.78 is 2.59. The van der Waals surface area contributed by atoms with Gasteiger partial charge in [0, 0.05) is 42.4 Å². The average Bonchev–Trinajstić information content (AvgIpc) is 3.52. The van der Waals surface area contributed by atoms with Gasteiger partial charge in [0.1, 0.15) is 5.82 Å². The fourth-order valence-corrected chi connectivity index (χ4v) is 7.78. The number of thiophene rings is 1. The molecule has 1 aliphatic carbocycles. The monoisotopic (exact) mass is 593 g/mol. The molecule has 0 spiro atoms. The summed E-state index contributed by atoms with van der Waals surface area (Å²) in [6, 6.07) is 44.7. The van der Waals surface area contributed by atoms with Crippen LogP contribution in [0.1, 0.15) is 23.9 Å². The first kappa shape index (κ1) is 26.0. The summed E-state index contributed by atoms with van der Waals surface area (Å²) in [5.74, 6) is 0.927. The van der Waals surface area contributed by atoms with Crippen LogP contribution < -0.4 is 0 Å². The number of pyridine rings is 1. The summed E-state index contributed by atoms with van der Waals surface area (Å²) in [7, 11) is 0. The van der Waals surface area contributed by atoms with E-state index in [0.717, 1.165) is 51.2 Å². The maximum absolute atomic E-state index is 5.23. The van der Waals surface area contributed by atoms with E-state index in [1.165, 1.54) is 36.7 Å². The van der Waals surface area contributed by atoms with Gasteiger partial charge in [-0.2, -0.15) is 0 Å². The van der Waals surface area contributed by atoms with Gasteiger partial charge in [-0.1, -0.05) is 127 Å².